The quantitative estimate of drug-likeness (QED) is 0.279. The number of aryl methyl sites for hydroxylation is 2. The standard InChI is InChI=1S/C21H37N3O3S.HI/c1-8-22-20(23-16-21(4,5)9-12-28(7,25)26)24(6)10-11-27-19-14-17(2)13-18(3)15-19;/h13-15H,8-12,16H2,1-7H3,(H,22,23);1H. The van der Waals surface area contributed by atoms with Crippen molar-refractivity contribution >= 4 is 39.8 Å². The van der Waals surface area contributed by atoms with Crippen molar-refractivity contribution in [3.63, 3.8) is 0 Å². The summed E-state index contributed by atoms with van der Waals surface area (Å²) in [7, 11) is -0.976. The molecule has 168 valence electrons. The van der Waals surface area contributed by atoms with Crippen molar-refractivity contribution < 1.29 is 13.2 Å². The van der Waals surface area contributed by atoms with E-state index in [0.29, 0.717) is 26.1 Å². The molecule has 8 heteroatoms. The predicted octanol–water partition coefficient (Wildman–Crippen LogP) is 3.66. The molecule has 0 saturated carbocycles. The van der Waals surface area contributed by atoms with E-state index in [1.54, 1.807) is 0 Å². The minimum atomic E-state index is -2.96. The van der Waals surface area contributed by atoms with E-state index in [1.807, 2.05) is 31.0 Å². The van der Waals surface area contributed by atoms with Gasteiger partial charge in [-0.05, 0) is 55.9 Å². The predicted molar refractivity (Wildman–Crippen MR) is 134 cm³/mol. The molecule has 0 aliphatic heterocycles. The van der Waals surface area contributed by atoms with Crippen LogP contribution in [0, 0.1) is 19.3 Å². The maximum atomic E-state index is 11.4. The summed E-state index contributed by atoms with van der Waals surface area (Å²) in [5.41, 5.74) is 2.20. The summed E-state index contributed by atoms with van der Waals surface area (Å²) in [6.07, 6.45) is 1.87. The van der Waals surface area contributed by atoms with Crippen molar-refractivity contribution in [1.82, 2.24) is 10.2 Å². The first-order valence-corrected chi connectivity index (χ1v) is 11.9. The molecule has 0 bridgehead atoms. The Morgan fingerprint density at radius 3 is 2.31 bits per heavy atom. The molecule has 0 fully saturated rings. The Bertz CT molecular complexity index is 744. The van der Waals surface area contributed by atoms with E-state index in [1.165, 1.54) is 17.4 Å². The average Bonchev–Trinajstić information content (AvgIpc) is 2.55. The topological polar surface area (TPSA) is 71.0 Å². The second kappa shape index (κ2) is 12.6. The van der Waals surface area contributed by atoms with E-state index in [4.69, 9.17) is 9.73 Å². The first-order chi connectivity index (χ1) is 12.9. The molecule has 0 aliphatic carbocycles. The number of hydrogen-bond donors (Lipinski definition) is 1. The highest BCUT2D eigenvalue weighted by atomic mass is 127. The number of hydrogen-bond acceptors (Lipinski definition) is 4. The largest absolute Gasteiger partial charge is 0.492 e. The molecule has 0 atom stereocenters. The van der Waals surface area contributed by atoms with Gasteiger partial charge >= 0.3 is 0 Å². The number of halogens is 1. The zero-order chi connectivity index (χ0) is 21.4. The van der Waals surface area contributed by atoms with Gasteiger partial charge in [-0.1, -0.05) is 19.9 Å². The number of nitrogens with one attached hydrogen (secondary N) is 1. The average molecular weight is 540 g/mol. The maximum Gasteiger partial charge on any atom is 0.193 e. The Hall–Kier alpha value is -1.03. The van der Waals surface area contributed by atoms with Gasteiger partial charge in [0.15, 0.2) is 5.96 Å². The summed E-state index contributed by atoms with van der Waals surface area (Å²) in [6, 6.07) is 6.20. The van der Waals surface area contributed by atoms with Gasteiger partial charge in [-0.3, -0.25) is 4.99 Å². The lowest BCUT2D eigenvalue weighted by Crippen LogP contribution is -2.41. The molecule has 0 unspecified atom stereocenters. The van der Waals surface area contributed by atoms with Crippen LogP contribution >= 0.6 is 24.0 Å². The van der Waals surface area contributed by atoms with Crippen LogP contribution in [-0.4, -0.2) is 64.6 Å². The fourth-order valence-corrected chi connectivity index (χ4v) is 3.65. The molecule has 0 saturated heterocycles. The summed E-state index contributed by atoms with van der Waals surface area (Å²) in [4.78, 5) is 6.76. The third kappa shape index (κ3) is 12.3. The van der Waals surface area contributed by atoms with Crippen molar-refractivity contribution in [2.24, 2.45) is 10.4 Å². The fraction of sp³-hybridized carbons (Fsp3) is 0.667. The third-order valence-corrected chi connectivity index (χ3v) is 5.34. The van der Waals surface area contributed by atoms with Gasteiger partial charge < -0.3 is 15.0 Å². The Labute approximate surface area is 194 Å². The second-order valence-electron chi connectivity index (χ2n) is 8.31. The summed E-state index contributed by atoms with van der Waals surface area (Å²) in [6.45, 7) is 12.8. The molecule has 0 radical (unpaired) electrons. The van der Waals surface area contributed by atoms with E-state index in [0.717, 1.165) is 18.3 Å². The molecular weight excluding hydrogens is 501 g/mol. The van der Waals surface area contributed by atoms with Gasteiger partial charge in [0.25, 0.3) is 0 Å². The van der Waals surface area contributed by atoms with Crippen molar-refractivity contribution in [2.75, 3.05) is 45.3 Å². The van der Waals surface area contributed by atoms with E-state index in [2.05, 4.69) is 39.1 Å². The lowest BCUT2D eigenvalue weighted by molar-refractivity contribution is 0.280. The van der Waals surface area contributed by atoms with Crippen molar-refractivity contribution in [3.05, 3.63) is 29.3 Å². The first-order valence-electron chi connectivity index (χ1n) is 9.80. The van der Waals surface area contributed by atoms with Crippen LogP contribution in [0.3, 0.4) is 0 Å². The van der Waals surface area contributed by atoms with E-state index in [-0.39, 0.29) is 35.1 Å². The van der Waals surface area contributed by atoms with Crippen molar-refractivity contribution in [2.45, 2.75) is 41.0 Å². The molecule has 0 aromatic heterocycles. The number of rotatable bonds is 10. The molecular formula is C21H38IN3O3S. The van der Waals surface area contributed by atoms with Crippen LogP contribution in [0.4, 0.5) is 0 Å². The third-order valence-electron chi connectivity index (χ3n) is 4.39. The Morgan fingerprint density at radius 2 is 1.79 bits per heavy atom. The second-order valence-corrected chi connectivity index (χ2v) is 10.6. The summed E-state index contributed by atoms with van der Waals surface area (Å²) >= 11 is 0. The number of aliphatic imine (C=N–C) groups is 1. The molecule has 0 spiro atoms. The lowest BCUT2D eigenvalue weighted by atomic mass is 9.90. The number of nitrogens with zero attached hydrogens (tertiary/aromatic N) is 2. The van der Waals surface area contributed by atoms with Crippen LogP contribution in [0.25, 0.3) is 0 Å². The van der Waals surface area contributed by atoms with Crippen LogP contribution in [0.15, 0.2) is 23.2 Å². The monoisotopic (exact) mass is 539 g/mol. The molecule has 0 heterocycles. The highest BCUT2D eigenvalue weighted by molar-refractivity contribution is 14.0. The number of guanidine groups is 1. The Morgan fingerprint density at radius 1 is 1.21 bits per heavy atom. The van der Waals surface area contributed by atoms with Gasteiger partial charge in [0.05, 0.1) is 12.3 Å². The Balaban J connectivity index is 0.00000784. The van der Waals surface area contributed by atoms with Crippen LogP contribution in [0.2, 0.25) is 0 Å². The number of ether oxygens (including phenoxy) is 1. The normalized spacial score (nSPS) is 12.3. The number of benzene rings is 1. The molecule has 29 heavy (non-hydrogen) atoms. The molecule has 0 amide bonds. The molecule has 1 aromatic rings. The number of sulfone groups is 1. The van der Waals surface area contributed by atoms with Gasteiger partial charge in [-0.15, -0.1) is 24.0 Å². The van der Waals surface area contributed by atoms with Crippen LogP contribution in [0.5, 0.6) is 5.75 Å². The van der Waals surface area contributed by atoms with E-state index < -0.39 is 9.84 Å². The minimum absolute atomic E-state index is 0. The summed E-state index contributed by atoms with van der Waals surface area (Å²) < 4.78 is 28.8. The first kappa shape index (κ1) is 28.0. The van der Waals surface area contributed by atoms with E-state index >= 15 is 0 Å². The summed E-state index contributed by atoms with van der Waals surface area (Å²) in [5.74, 6) is 1.87. The zero-order valence-corrected chi connectivity index (χ0v) is 22.1. The summed E-state index contributed by atoms with van der Waals surface area (Å²) in [5, 5.41) is 3.30. The maximum absolute atomic E-state index is 11.4. The molecule has 1 rings (SSSR count). The van der Waals surface area contributed by atoms with Gasteiger partial charge in [0.2, 0.25) is 0 Å². The van der Waals surface area contributed by atoms with Crippen molar-refractivity contribution in [3.8, 4) is 5.75 Å². The Kier molecular flexibility index (Phi) is 12.2. The van der Waals surface area contributed by atoms with E-state index in [9.17, 15) is 8.42 Å². The van der Waals surface area contributed by atoms with Crippen molar-refractivity contribution in [1.29, 1.82) is 0 Å². The smallest absolute Gasteiger partial charge is 0.193 e. The van der Waals surface area contributed by atoms with Gasteiger partial charge in [0.1, 0.15) is 22.2 Å². The fourth-order valence-electron chi connectivity index (χ4n) is 2.72. The van der Waals surface area contributed by atoms with Crippen LogP contribution in [-0.2, 0) is 9.84 Å². The molecule has 1 N–H and O–H groups in total. The van der Waals surface area contributed by atoms with Gasteiger partial charge in [-0.25, -0.2) is 8.42 Å². The van der Waals surface area contributed by atoms with Crippen LogP contribution < -0.4 is 10.1 Å². The zero-order valence-electron chi connectivity index (χ0n) is 18.9. The number of likely N-dealkylation sites (N-methyl/N-ethyl adjacent to an activating group) is 1. The van der Waals surface area contributed by atoms with Gasteiger partial charge in [-0.2, -0.15) is 0 Å². The highest BCUT2D eigenvalue weighted by Crippen LogP contribution is 2.21. The molecule has 1 aromatic carbocycles. The van der Waals surface area contributed by atoms with Gasteiger partial charge in [0, 0.05) is 26.4 Å². The molecule has 0 aliphatic rings. The minimum Gasteiger partial charge on any atom is -0.492 e. The molecule has 6 nitrogen and oxygen atoms in total. The lowest BCUT2D eigenvalue weighted by Gasteiger charge is -2.26. The highest BCUT2D eigenvalue weighted by Gasteiger charge is 2.20. The SMILES string of the molecule is CCNC(=NCC(C)(C)CCS(C)(=O)=O)N(C)CCOc1cc(C)cc(C)c1.I. The van der Waals surface area contributed by atoms with Crippen LogP contribution in [0.1, 0.15) is 38.3 Å².